The Morgan fingerprint density at radius 3 is 2.59 bits per heavy atom. The van der Waals surface area contributed by atoms with Crippen molar-refractivity contribution in [1.29, 1.82) is 0 Å². The molecule has 0 fully saturated rings. The van der Waals surface area contributed by atoms with Crippen molar-refractivity contribution in [2.24, 2.45) is 0 Å². The molecule has 3 rings (SSSR count). The number of amides is 1. The molecule has 22 heavy (non-hydrogen) atoms. The highest BCUT2D eigenvalue weighted by Gasteiger charge is 2.17. The van der Waals surface area contributed by atoms with Crippen LogP contribution in [-0.2, 0) is 6.54 Å². The van der Waals surface area contributed by atoms with Gasteiger partial charge < -0.3 is 14.4 Å². The Morgan fingerprint density at radius 1 is 1.14 bits per heavy atom. The van der Waals surface area contributed by atoms with Crippen LogP contribution in [0.2, 0.25) is 0 Å². The zero-order valence-electron chi connectivity index (χ0n) is 12.2. The van der Waals surface area contributed by atoms with Crippen molar-refractivity contribution >= 4 is 28.5 Å². The Bertz CT molecular complexity index is 685. The summed E-state index contributed by atoms with van der Waals surface area (Å²) in [5.41, 5.74) is 1.74. The first-order valence-corrected chi connectivity index (χ1v) is 8.18. The highest BCUT2D eigenvalue weighted by molar-refractivity contribution is 14.1. The van der Waals surface area contributed by atoms with Crippen molar-refractivity contribution in [1.82, 2.24) is 4.90 Å². The Kier molecular flexibility index (Phi) is 4.52. The second kappa shape index (κ2) is 6.56. The molecular formula is C17H16INO3. The fourth-order valence-electron chi connectivity index (χ4n) is 2.36. The number of benzene rings is 2. The summed E-state index contributed by atoms with van der Waals surface area (Å²) >= 11 is 2.23. The predicted molar refractivity (Wildman–Crippen MR) is 92.1 cm³/mol. The predicted octanol–water partition coefficient (Wildman–Crippen LogP) is 3.68. The molecular weight excluding hydrogens is 393 g/mol. The van der Waals surface area contributed by atoms with Gasteiger partial charge >= 0.3 is 0 Å². The van der Waals surface area contributed by atoms with Crippen molar-refractivity contribution in [2.75, 3.05) is 13.3 Å². The standard InChI is InChI=1S/C17H16INO3/c1-2-19(17(20)13-4-6-14(18)7-5-13)10-12-3-8-15-16(9-12)22-11-21-15/h3-9H,2,10-11H2,1H3. The number of nitrogens with zero attached hydrogens (tertiary/aromatic N) is 1. The SMILES string of the molecule is CCN(Cc1ccc2c(c1)OCO2)C(=O)c1ccc(I)cc1. The molecule has 0 saturated carbocycles. The monoisotopic (exact) mass is 409 g/mol. The number of hydrogen-bond acceptors (Lipinski definition) is 3. The third-order valence-electron chi connectivity index (χ3n) is 3.57. The van der Waals surface area contributed by atoms with Gasteiger partial charge in [-0.05, 0) is 71.5 Å². The molecule has 0 atom stereocenters. The molecule has 0 saturated heterocycles. The average molecular weight is 409 g/mol. The largest absolute Gasteiger partial charge is 0.454 e. The van der Waals surface area contributed by atoms with E-state index < -0.39 is 0 Å². The fourth-order valence-corrected chi connectivity index (χ4v) is 2.72. The topological polar surface area (TPSA) is 38.8 Å². The molecule has 2 aromatic rings. The molecule has 0 spiro atoms. The summed E-state index contributed by atoms with van der Waals surface area (Å²) in [5, 5.41) is 0. The first kappa shape index (κ1) is 15.1. The maximum absolute atomic E-state index is 12.6. The van der Waals surface area contributed by atoms with E-state index in [0.29, 0.717) is 18.7 Å². The van der Waals surface area contributed by atoms with Gasteiger partial charge in [-0.15, -0.1) is 0 Å². The van der Waals surface area contributed by atoms with Crippen molar-refractivity contribution in [3.05, 3.63) is 57.2 Å². The molecule has 1 amide bonds. The Morgan fingerprint density at radius 2 is 1.86 bits per heavy atom. The van der Waals surface area contributed by atoms with E-state index in [0.717, 1.165) is 20.6 Å². The lowest BCUT2D eigenvalue weighted by atomic mass is 10.1. The van der Waals surface area contributed by atoms with E-state index in [1.54, 1.807) is 0 Å². The van der Waals surface area contributed by atoms with Crippen molar-refractivity contribution < 1.29 is 14.3 Å². The number of fused-ring (bicyclic) bond motifs is 1. The van der Waals surface area contributed by atoms with Crippen molar-refractivity contribution in [2.45, 2.75) is 13.5 Å². The van der Waals surface area contributed by atoms with Crippen LogP contribution < -0.4 is 9.47 Å². The van der Waals surface area contributed by atoms with Crippen LogP contribution in [0, 0.1) is 3.57 Å². The molecule has 1 heterocycles. The lowest BCUT2D eigenvalue weighted by Crippen LogP contribution is -2.30. The molecule has 1 aliphatic heterocycles. The minimum Gasteiger partial charge on any atom is -0.454 e. The summed E-state index contributed by atoms with van der Waals surface area (Å²) in [6.45, 7) is 3.45. The number of hydrogen-bond donors (Lipinski definition) is 0. The minimum atomic E-state index is 0.0385. The molecule has 0 aromatic heterocycles. The van der Waals surface area contributed by atoms with Crippen LogP contribution in [0.4, 0.5) is 0 Å². The highest BCUT2D eigenvalue weighted by Crippen LogP contribution is 2.32. The van der Waals surface area contributed by atoms with Gasteiger partial charge in [-0.25, -0.2) is 0 Å². The van der Waals surface area contributed by atoms with Crippen LogP contribution in [0.5, 0.6) is 11.5 Å². The zero-order chi connectivity index (χ0) is 15.5. The molecule has 4 nitrogen and oxygen atoms in total. The van der Waals surface area contributed by atoms with E-state index in [2.05, 4.69) is 22.6 Å². The summed E-state index contributed by atoms with van der Waals surface area (Å²) in [6.07, 6.45) is 0. The maximum atomic E-state index is 12.6. The Hall–Kier alpha value is -1.76. The van der Waals surface area contributed by atoms with Gasteiger partial charge in [-0.3, -0.25) is 4.79 Å². The van der Waals surface area contributed by atoms with Crippen molar-refractivity contribution in [3.8, 4) is 11.5 Å². The number of halogens is 1. The van der Waals surface area contributed by atoms with Crippen LogP contribution in [0.25, 0.3) is 0 Å². The molecule has 0 aliphatic carbocycles. The maximum Gasteiger partial charge on any atom is 0.254 e. The highest BCUT2D eigenvalue weighted by atomic mass is 127. The van der Waals surface area contributed by atoms with Crippen molar-refractivity contribution in [3.63, 3.8) is 0 Å². The summed E-state index contributed by atoms with van der Waals surface area (Å²) in [5.74, 6) is 1.54. The van der Waals surface area contributed by atoms with Crippen LogP contribution in [0.1, 0.15) is 22.8 Å². The number of ether oxygens (including phenoxy) is 2. The summed E-state index contributed by atoms with van der Waals surface area (Å²) in [7, 11) is 0. The molecule has 0 unspecified atom stereocenters. The molecule has 5 heteroatoms. The molecule has 1 aliphatic rings. The minimum absolute atomic E-state index is 0.0385. The van der Waals surface area contributed by atoms with Gasteiger partial charge in [0.25, 0.3) is 5.91 Å². The van der Waals surface area contributed by atoms with E-state index in [9.17, 15) is 4.79 Å². The molecule has 0 bridgehead atoms. The van der Waals surface area contributed by atoms with E-state index in [4.69, 9.17) is 9.47 Å². The van der Waals surface area contributed by atoms with Crippen LogP contribution in [0.3, 0.4) is 0 Å². The van der Waals surface area contributed by atoms with Gasteiger partial charge in [0, 0.05) is 22.2 Å². The number of carbonyl (C=O) groups excluding carboxylic acids is 1. The lowest BCUT2D eigenvalue weighted by molar-refractivity contribution is 0.0752. The van der Waals surface area contributed by atoms with E-state index in [-0.39, 0.29) is 12.7 Å². The second-order valence-electron chi connectivity index (χ2n) is 5.01. The Labute approximate surface area is 143 Å². The number of carbonyl (C=O) groups is 1. The van der Waals surface area contributed by atoms with Crippen LogP contribution in [-0.4, -0.2) is 24.1 Å². The first-order valence-electron chi connectivity index (χ1n) is 7.10. The molecule has 0 N–H and O–H groups in total. The lowest BCUT2D eigenvalue weighted by Gasteiger charge is -2.21. The van der Waals surface area contributed by atoms with Gasteiger partial charge in [0.1, 0.15) is 0 Å². The third-order valence-corrected chi connectivity index (χ3v) is 4.29. The third kappa shape index (κ3) is 3.19. The average Bonchev–Trinajstić information content (AvgIpc) is 3.00. The van der Waals surface area contributed by atoms with Gasteiger partial charge in [-0.1, -0.05) is 6.07 Å². The molecule has 2 aromatic carbocycles. The summed E-state index contributed by atoms with van der Waals surface area (Å²) < 4.78 is 11.8. The van der Waals surface area contributed by atoms with Gasteiger partial charge in [0.15, 0.2) is 11.5 Å². The smallest absolute Gasteiger partial charge is 0.254 e. The van der Waals surface area contributed by atoms with Gasteiger partial charge in [0.05, 0.1) is 0 Å². The Balaban J connectivity index is 1.76. The summed E-state index contributed by atoms with van der Waals surface area (Å²) in [6, 6.07) is 13.4. The van der Waals surface area contributed by atoms with Crippen LogP contribution >= 0.6 is 22.6 Å². The van der Waals surface area contributed by atoms with E-state index in [1.165, 1.54) is 0 Å². The summed E-state index contributed by atoms with van der Waals surface area (Å²) in [4.78, 5) is 14.4. The fraction of sp³-hybridized carbons (Fsp3) is 0.235. The quantitative estimate of drug-likeness (QED) is 0.724. The molecule has 114 valence electrons. The number of rotatable bonds is 4. The van der Waals surface area contributed by atoms with E-state index >= 15 is 0 Å². The molecule has 0 radical (unpaired) electrons. The normalized spacial score (nSPS) is 12.3. The van der Waals surface area contributed by atoms with Gasteiger partial charge in [0.2, 0.25) is 6.79 Å². The zero-order valence-corrected chi connectivity index (χ0v) is 14.4. The van der Waals surface area contributed by atoms with Gasteiger partial charge in [-0.2, -0.15) is 0 Å². The second-order valence-corrected chi connectivity index (χ2v) is 6.26. The van der Waals surface area contributed by atoms with E-state index in [1.807, 2.05) is 54.3 Å². The van der Waals surface area contributed by atoms with Crippen LogP contribution in [0.15, 0.2) is 42.5 Å². The first-order chi connectivity index (χ1) is 10.7.